The number of hydrogen-bond donors (Lipinski definition) is 1. The highest BCUT2D eigenvalue weighted by molar-refractivity contribution is 7.92. The van der Waals surface area contributed by atoms with Gasteiger partial charge in [0.05, 0.1) is 11.0 Å². The minimum absolute atomic E-state index is 0.241. The first-order valence-electron chi connectivity index (χ1n) is 9.75. The van der Waals surface area contributed by atoms with Gasteiger partial charge in [0.15, 0.2) is 0 Å². The Balaban J connectivity index is 1.41. The molecule has 0 amide bonds. The number of nitrogens with one attached hydrogen (secondary N) is 1. The summed E-state index contributed by atoms with van der Waals surface area (Å²) in [5.74, 6) is 0.732. The van der Waals surface area contributed by atoms with Gasteiger partial charge in [0.25, 0.3) is 10.0 Å². The van der Waals surface area contributed by atoms with Gasteiger partial charge in [0, 0.05) is 24.5 Å². The second-order valence-corrected chi connectivity index (χ2v) is 9.02. The molecular weight excluding hydrogens is 360 g/mol. The van der Waals surface area contributed by atoms with E-state index in [1.807, 2.05) is 24.3 Å². The van der Waals surface area contributed by atoms with E-state index in [1.165, 1.54) is 25.7 Å². The molecule has 0 spiro atoms. The minimum Gasteiger partial charge on any atom is -0.490 e. The molecule has 0 atom stereocenters. The lowest BCUT2D eigenvalue weighted by atomic mass is 10.2. The smallest absolute Gasteiger partial charge is 0.261 e. The predicted molar refractivity (Wildman–Crippen MR) is 108 cm³/mol. The Morgan fingerprint density at radius 2 is 1.48 bits per heavy atom. The second kappa shape index (κ2) is 7.80. The molecule has 2 aromatic carbocycles. The summed E-state index contributed by atoms with van der Waals surface area (Å²) in [5, 5.41) is 0. The normalized spacial score (nSPS) is 18.0. The standard InChI is InChI=1S/C21H26N2O3S/c24-27(25,21-13-11-20(12-14-21)26-19-5-1-2-6-19)22-17-7-9-18(10-8-17)23-15-3-4-16-23/h7-14,19,22H,1-6,15-16H2. The highest BCUT2D eigenvalue weighted by Gasteiger charge is 2.18. The lowest BCUT2D eigenvalue weighted by molar-refractivity contribution is 0.210. The van der Waals surface area contributed by atoms with E-state index in [0.29, 0.717) is 5.69 Å². The van der Waals surface area contributed by atoms with Gasteiger partial charge in [0.1, 0.15) is 5.75 Å². The van der Waals surface area contributed by atoms with Crippen LogP contribution in [0.2, 0.25) is 0 Å². The SMILES string of the molecule is O=S(=O)(Nc1ccc(N2CCCC2)cc1)c1ccc(OC2CCCC2)cc1. The fraction of sp³-hybridized carbons (Fsp3) is 0.429. The largest absolute Gasteiger partial charge is 0.490 e. The van der Waals surface area contributed by atoms with Crippen LogP contribution in [0.4, 0.5) is 11.4 Å². The molecule has 2 aliphatic rings. The summed E-state index contributed by atoms with van der Waals surface area (Å²) in [6.07, 6.45) is 7.27. The van der Waals surface area contributed by atoms with E-state index >= 15 is 0 Å². The molecule has 144 valence electrons. The molecule has 0 radical (unpaired) electrons. The molecule has 1 N–H and O–H groups in total. The van der Waals surface area contributed by atoms with Crippen LogP contribution in [0.5, 0.6) is 5.75 Å². The molecule has 6 heteroatoms. The number of anilines is 2. The quantitative estimate of drug-likeness (QED) is 0.799. The van der Waals surface area contributed by atoms with Gasteiger partial charge in [-0.2, -0.15) is 0 Å². The van der Waals surface area contributed by atoms with Gasteiger partial charge >= 0.3 is 0 Å². The third kappa shape index (κ3) is 4.38. The molecule has 1 saturated heterocycles. The van der Waals surface area contributed by atoms with Crippen molar-refractivity contribution >= 4 is 21.4 Å². The summed E-state index contributed by atoms with van der Waals surface area (Å²) in [4.78, 5) is 2.56. The van der Waals surface area contributed by atoms with Crippen LogP contribution < -0.4 is 14.4 Å². The Kier molecular flexibility index (Phi) is 5.25. The first kappa shape index (κ1) is 18.2. The molecule has 0 bridgehead atoms. The van der Waals surface area contributed by atoms with Crippen LogP contribution in [0, 0.1) is 0 Å². The van der Waals surface area contributed by atoms with Gasteiger partial charge in [-0.25, -0.2) is 8.42 Å². The van der Waals surface area contributed by atoms with E-state index in [2.05, 4.69) is 9.62 Å². The van der Waals surface area contributed by atoms with E-state index in [9.17, 15) is 8.42 Å². The summed E-state index contributed by atoms with van der Waals surface area (Å²) in [6, 6.07) is 14.3. The van der Waals surface area contributed by atoms with Crippen molar-refractivity contribution < 1.29 is 13.2 Å². The zero-order valence-electron chi connectivity index (χ0n) is 15.4. The predicted octanol–water partition coefficient (Wildman–Crippen LogP) is 4.41. The van der Waals surface area contributed by atoms with Crippen molar-refractivity contribution in [2.45, 2.75) is 49.5 Å². The van der Waals surface area contributed by atoms with Gasteiger partial charge in [-0.05, 0) is 87.1 Å². The van der Waals surface area contributed by atoms with E-state index in [0.717, 1.165) is 37.4 Å². The topological polar surface area (TPSA) is 58.6 Å². The van der Waals surface area contributed by atoms with Crippen molar-refractivity contribution in [3.63, 3.8) is 0 Å². The van der Waals surface area contributed by atoms with Crippen LogP contribution >= 0.6 is 0 Å². The van der Waals surface area contributed by atoms with E-state index < -0.39 is 10.0 Å². The molecular formula is C21H26N2O3S. The Morgan fingerprint density at radius 3 is 2.11 bits per heavy atom. The van der Waals surface area contributed by atoms with Crippen molar-refractivity contribution in [1.82, 2.24) is 0 Å². The number of benzene rings is 2. The summed E-state index contributed by atoms with van der Waals surface area (Å²) in [6.45, 7) is 2.14. The molecule has 2 fully saturated rings. The van der Waals surface area contributed by atoms with Crippen molar-refractivity contribution in [3.8, 4) is 5.75 Å². The lowest BCUT2D eigenvalue weighted by Crippen LogP contribution is -2.17. The Hall–Kier alpha value is -2.21. The zero-order valence-corrected chi connectivity index (χ0v) is 16.2. The molecule has 1 saturated carbocycles. The number of hydrogen-bond acceptors (Lipinski definition) is 4. The van der Waals surface area contributed by atoms with Crippen LogP contribution in [0.1, 0.15) is 38.5 Å². The molecule has 0 aromatic heterocycles. The maximum absolute atomic E-state index is 12.6. The number of sulfonamides is 1. The highest BCUT2D eigenvalue weighted by Crippen LogP contribution is 2.26. The van der Waals surface area contributed by atoms with Gasteiger partial charge < -0.3 is 9.64 Å². The minimum atomic E-state index is -3.61. The van der Waals surface area contributed by atoms with Crippen LogP contribution in [0.3, 0.4) is 0 Å². The van der Waals surface area contributed by atoms with Gasteiger partial charge in [-0.15, -0.1) is 0 Å². The van der Waals surface area contributed by atoms with Crippen LogP contribution in [0.25, 0.3) is 0 Å². The molecule has 2 aromatic rings. The molecule has 1 aliphatic heterocycles. The molecule has 0 unspecified atom stereocenters. The van der Waals surface area contributed by atoms with E-state index in [-0.39, 0.29) is 11.0 Å². The average molecular weight is 387 g/mol. The number of rotatable bonds is 6. The van der Waals surface area contributed by atoms with Crippen LogP contribution in [0.15, 0.2) is 53.4 Å². The summed E-state index contributed by atoms with van der Waals surface area (Å²) in [5.41, 5.74) is 1.72. The average Bonchev–Trinajstić information content (AvgIpc) is 3.36. The molecule has 1 aliphatic carbocycles. The fourth-order valence-corrected chi connectivity index (χ4v) is 4.88. The van der Waals surface area contributed by atoms with Crippen LogP contribution in [-0.4, -0.2) is 27.6 Å². The zero-order chi connectivity index (χ0) is 18.7. The fourth-order valence-electron chi connectivity index (χ4n) is 3.83. The number of nitrogens with zero attached hydrogens (tertiary/aromatic N) is 1. The first-order valence-corrected chi connectivity index (χ1v) is 11.2. The van der Waals surface area contributed by atoms with Gasteiger partial charge in [0.2, 0.25) is 0 Å². The van der Waals surface area contributed by atoms with Gasteiger partial charge in [-0.3, -0.25) is 4.72 Å². The summed E-state index contributed by atoms with van der Waals surface area (Å²) >= 11 is 0. The highest BCUT2D eigenvalue weighted by atomic mass is 32.2. The summed E-state index contributed by atoms with van der Waals surface area (Å²) < 4.78 is 33.8. The van der Waals surface area contributed by atoms with Crippen molar-refractivity contribution in [2.75, 3.05) is 22.7 Å². The number of ether oxygens (including phenoxy) is 1. The van der Waals surface area contributed by atoms with Crippen molar-refractivity contribution in [1.29, 1.82) is 0 Å². The molecule has 5 nitrogen and oxygen atoms in total. The Morgan fingerprint density at radius 1 is 0.852 bits per heavy atom. The molecule has 4 rings (SSSR count). The maximum Gasteiger partial charge on any atom is 0.261 e. The Labute approximate surface area is 161 Å². The first-order chi connectivity index (χ1) is 13.1. The summed E-state index contributed by atoms with van der Waals surface area (Å²) in [7, 11) is -3.61. The maximum atomic E-state index is 12.6. The Bertz CT molecular complexity index is 851. The van der Waals surface area contributed by atoms with Crippen molar-refractivity contribution in [3.05, 3.63) is 48.5 Å². The second-order valence-electron chi connectivity index (χ2n) is 7.34. The van der Waals surface area contributed by atoms with E-state index in [4.69, 9.17) is 4.74 Å². The monoisotopic (exact) mass is 386 g/mol. The van der Waals surface area contributed by atoms with Gasteiger partial charge in [-0.1, -0.05) is 0 Å². The van der Waals surface area contributed by atoms with Crippen molar-refractivity contribution in [2.24, 2.45) is 0 Å². The van der Waals surface area contributed by atoms with Crippen LogP contribution in [-0.2, 0) is 10.0 Å². The lowest BCUT2D eigenvalue weighted by Gasteiger charge is -2.18. The third-order valence-corrected chi connectivity index (χ3v) is 6.73. The third-order valence-electron chi connectivity index (χ3n) is 5.33. The molecule has 27 heavy (non-hydrogen) atoms. The molecule has 1 heterocycles. The van der Waals surface area contributed by atoms with E-state index in [1.54, 1.807) is 24.3 Å².